The van der Waals surface area contributed by atoms with Gasteiger partial charge in [-0.15, -0.1) is 0 Å². The first kappa shape index (κ1) is 13.1. The van der Waals surface area contributed by atoms with E-state index < -0.39 is 6.10 Å². The highest BCUT2D eigenvalue weighted by atomic mass is 16.3. The molecule has 1 heterocycles. The zero-order valence-electron chi connectivity index (χ0n) is 10.2. The first-order valence-electron chi connectivity index (χ1n) is 6.05. The molecule has 2 N–H and O–H groups in total. The van der Waals surface area contributed by atoms with Crippen molar-refractivity contribution in [2.24, 2.45) is 0 Å². The number of nitrogens with zero attached hydrogens (tertiary/aromatic N) is 1. The molecule has 0 aliphatic carbocycles. The van der Waals surface area contributed by atoms with Crippen LogP contribution in [0.25, 0.3) is 0 Å². The van der Waals surface area contributed by atoms with Crippen molar-refractivity contribution in [1.29, 1.82) is 0 Å². The van der Waals surface area contributed by atoms with Gasteiger partial charge in [-0.3, -0.25) is 4.98 Å². The predicted octanol–water partition coefficient (Wildman–Crippen LogP) is 2.28. The molecule has 0 spiro atoms. The summed E-state index contributed by atoms with van der Waals surface area (Å²) in [6.07, 6.45) is 6.60. The standard InChI is InChI=1S/C13H22N2O/c1-3-4-5-11(2)15-10-13(16)12-6-8-14-9-7-12/h6-9,11,13,15-16H,3-5,10H2,1-2H3. The average Bonchev–Trinajstić information content (AvgIpc) is 2.34. The molecule has 2 unspecified atom stereocenters. The van der Waals surface area contributed by atoms with Gasteiger partial charge in [-0.25, -0.2) is 0 Å². The first-order valence-corrected chi connectivity index (χ1v) is 6.05. The normalized spacial score (nSPS) is 14.7. The third kappa shape index (κ3) is 4.73. The molecule has 1 aromatic heterocycles. The predicted molar refractivity (Wildman–Crippen MR) is 66.2 cm³/mol. The Balaban J connectivity index is 2.27. The second-order valence-electron chi connectivity index (χ2n) is 4.25. The second kappa shape index (κ2) is 7.36. The molecule has 3 heteroatoms. The van der Waals surface area contributed by atoms with Crippen LogP contribution in [0.1, 0.15) is 44.8 Å². The van der Waals surface area contributed by atoms with Gasteiger partial charge in [0.25, 0.3) is 0 Å². The summed E-state index contributed by atoms with van der Waals surface area (Å²) in [5.41, 5.74) is 0.921. The Bertz CT molecular complexity index is 277. The Morgan fingerprint density at radius 3 is 2.69 bits per heavy atom. The molecular formula is C13H22N2O. The van der Waals surface area contributed by atoms with E-state index in [-0.39, 0.29) is 0 Å². The van der Waals surface area contributed by atoms with Crippen LogP contribution in [0.4, 0.5) is 0 Å². The summed E-state index contributed by atoms with van der Waals surface area (Å²) in [4.78, 5) is 3.93. The van der Waals surface area contributed by atoms with Crippen molar-refractivity contribution in [1.82, 2.24) is 10.3 Å². The summed E-state index contributed by atoms with van der Waals surface area (Å²) in [5.74, 6) is 0. The van der Waals surface area contributed by atoms with E-state index in [0.29, 0.717) is 12.6 Å². The molecule has 0 fully saturated rings. The largest absolute Gasteiger partial charge is 0.387 e. The highest BCUT2D eigenvalue weighted by Gasteiger charge is 2.08. The van der Waals surface area contributed by atoms with Crippen LogP contribution in [-0.2, 0) is 0 Å². The molecule has 1 rings (SSSR count). The summed E-state index contributed by atoms with van der Waals surface area (Å²) in [6, 6.07) is 4.17. The fourth-order valence-electron chi connectivity index (χ4n) is 1.63. The maximum absolute atomic E-state index is 9.90. The van der Waals surface area contributed by atoms with Gasteiger partial charge in [0.05, 0.1) is 6.10 Å². The van der Waals surface area contributed by atoms with Crippen molar-refractivity contribution in [3.8, 4) is 0 Å². The van der Waals surface area contributed by atoms with Crippen molar-refractivity contribution in [3.05, 3.63) is 30.1 Å². The first-order chi connectivity index (χ1) is 7.74. The lowest BCUT2D eigenvalue weighted by atomic mass is 10.1. The molecule has 0 saturated heterocycles. The second-order valence-corrected chi connectivity index (χ2v) is 4.25. The zero-order valence-corrected chi connectivity index (χ0v) is 10.2. The maximum atomic E-state index is 9.90. The molecule has 0 bridgehead atoms. The lowest BCUT2D eigenvalue weighted by Crippen LogP contribution is -2.30. The van der Waals surface area contributed by atoms with Crippen molar-refractivity contribution >= 4 is 0 Å². The Hall–Kier alpha value is -0.930. The maximum Gasteiger partial charge on any atom is 0.0915 e. The molecule has 0 aliphatic rings. The lowest BCUT2D eigenvalue weighted by Gasteiger charge is -2.17. The number of aliphatic hydroxyl groups is 1. The van der Waals surface area contributed by atoms with Gasteiger partial charge in [-0.1, -0.05) is 19.8 Å². The average molecular weight is 222 g/mol. The van der Waals surface area contributed by atoms with E-state index in [1.54, 1.807) is 12.4 Å². The SMILES string of the molecule is CCCCC(C)NCC(O)c1ccncc1. The fourth-order valence-corrected chi connectivity index (χ4v) is 1.63. The quantitative estimate of drug-likeness (QED) is 0.744. The van der Waals surface area contributed by atoms with E-state index in [4.69, 9.17) is 0 Å². The summed E-state index contributed by atoms with van der Waals surface area (Å²) in [7, 11) is 0. The minimum atomic E-state index is -0.438. The van der Waals surface area contributed by atoms with Crippen LogP contribution in [0, 0.1) is 0 Å². The molecular weight excluding hydrogens is 200 g/mol. The van der Waals surface area contributed by atoms with Gasteiger partial charge in [0.1, 0.15) is 0 Å². The molecule has 16 heavy (non-hydrogen) atoms. The third-order valence-corrected chi connectivity index (χ3v) is 2.74. The van der Waals surface area contributed by atoms with Gasteiger partial charge in [0.2, 0.25) is 0 Å². The molecule has 1 aromatic rings. The van der Waals surface area contributed by atoms with E-state index in [2.05, 4.69) is 24.1 Å². The van der Waals surface area contributed by atoms with Crippen molar-refractivity contribution in [3.63, 3.8) is 0 Å². The lowest BCUT2D eigenvalue weighted by molar-refractivity contribution is 0.169. The number of nitrogens with one attached hydrogen (secondary N) is 1. The van der Waals surface area contributed by atoms with Gasteiger partial charge in [-0.2, -0.15) is 0 Å². The Morgan fingerprint density at radius 2 is 2.06 bits per heavy atom. The fraction of sp³-hybridized carbons (Fsp3) is 0.615. The van der Waals surface area contributed by atoms with E-state index in [1.807, 2.05) is 12.1 Å². The van der Waals surface area contributed by atoms with Crippen LogP contribution >= 0.6 is 0 Å². The Labute approximate surface area is 97.9 Å². The van der Waals surface area contributed by atoms with Gasteiger partial charge in [0.15, 0.2) is 0 Å². The van der Waals surface area contributed by atoms with E-state index in [9.17, 15) is 5.11 Å². The molecule has 90 valence electrons. The van der Waals surface area contributed by atoms with Crippen LogP contribution in [0.15, 0.2) is 24.5 Å². The number of hydrogen-bond acceptors (Lipinski definition) is 3. The highest BCUT2D eigenvalue weighted by Crippen LogP contribution is 2.10. The van der Waals surface area contributed by atoms with Crippen LogP contribution in [0.2, 0.25) is 0 Å². The number of rotatable bonds is 7. The molecule has 0 amide bonds. The van der Waals surface area contributed by atoms with Gasteiger partial charge < -0.3 is 10.4 Å². The third-order valence-electron chi connectivity index (χ3n) is 2.74. The molecule has 0 saturated carbocycles. The minimum Gasteiger partial charge on any atom is -0.387 e. The molecule has 0 aromatic carbocycles. The van der Waals surface area contributed by atoms with Crippen molar-refractivity contribution in [2.45, 2.75) is 45.3 Å². The van der Waals surface area contributed by atoms with Crippen molar-refractivity contribution < 1.29 is 5.11 Å². The number of pyridine rings is 1. The molecule has 2 atom stereocenters. The van der Waals surface area contributed by atoms with Crippen LogP contribution in [-0.4, -0.2) is 22.7 Å². The monoisotopic (exact) mass is 222 g/mol. The minimum absolute atomic E-state index is 0.438. The summed E-state index contributed by atoms with van der Waals surface area (Å²) in [5, 5.41) is 13.2. The number of aliphatic hydroxyl groups excluding tert-OH is 1. The van der Waals surface area contributed by atoms with Crippen LogP contribution < -0.4 is 5.32 Å². The topological polar surface area (TPSA) is 45.1 Å². The Morgan fingerprint density at radius 1 is 1.38 bits per heavy atom. The smallest absolute Gasteiger partial charge is 0.0915 e. The van der Waals surface area contributed by atoms with Crippen molar-refractivity contribution in [2.75, 3.05) is 6.54 Å². The number of unbranched alkanes of at least 4 members (excludes halogenated alkanes) is 1. The van der Waals surface area contributed by atoms with Gasteiger partial charge in [0, 0.05) is 25.0 Å². The molecule has 0 aliphatic heterocycles. The van der Waals surface area contributed by atoms with E-state index in [0.717, 1.165) is 5.56 Å². The zero-order chi connectivity index (χ0) is 11.8. The summed E-state index contributed by atoms with van der Waals surface area (Å²) < 4.78 is 0. The summed E-state index contributed by atoms with van der Waals surface area (Å²) >= 11 is 0. The van der Waals surface area contributed by atoms with E-state index >= 15 is 0 Å². The molecule has 3 nitrogen and oxygen atoms in total. The highest BCUT2D eigenvalue weighted by molar-refractivity contribution is 5.13. The number of aromatic nitrogens is 1. The Kier molecular flexibility index (Phi) is 6.04. The van der Waals surface area contributed by atoms with Crippen LogP contribution in [0.3, 0.4) is 0 Å². The van der Waals surface area contributed by atoms with Gasteiger partial charge in [-0.05, 0) is 31.0 Å². The van der Waals surface area contributed by atoms with E-state index in [1.165, 1.54) is 19.3 Å². The summed E-state index contributed by atoms with van der Waals surface area (Å²) in [6.45, 7) is 4.96. The van der Waals surface area contributed by atoms with Crippen LogP contribution in [0.5, 0.6) is 0 Å². The molecule has 0 radical (unpaired) electrons. The van der Waals surface area contributed by atoms with Gasteiger partial charge >= 0.3 is 0 Å². The number of hydrogen-bond donors (Lipinski definition) is 2.